The van der Waals surface area contributed by atoms with Crippen LogP contribution in [-0.2, 0) is 30.4 Å². The van der Waals surface area contributed by atoms with E-state index in [0.717, 1.165) is 23.3 Å². The standard InChI is InChI=1S/C20H18O9S3/c1-14-3-7-16(8-4-14)31(24,25)28-19-12-11-18(30(21,22)23)13-20(19)29-32(26,27)17-9-5-15(2)6-10-17/h3-13H,1-2H3,(H,21,22,23). The normalized spacial score (nSPS) is 12.3. The second kappa shape index (κ2) is 8.54. The predicted molar refractivity (Wildman–Crippen MR) is 114 cm³/mol. The molecule has 0 amide bonds. The minimum atomic E-state index is -4.75. The van der Waals surface area contributed by atoms with Crippen LogP contribution < -0.4 is 8.37 Å². The summed E-state index contributed by atoms with van der Waals surface area (Å²) in [4.78, 5) is -1.19. The summed E-state index contributed by atoms with van der Waals surface area (Å²) in [5.74, 6) is -1.33. The molecule has 0 aliphatic heterocycles. The van der Waals surface area contributed by atoms with Gasteiger partial charge >= 0.3 is 20.2 Å². The summed E-state index contributed by atoms with van der Waals surface area (Å²) < 4.78 is 92.9. The molecule has 3 aromatic rings. The van der Waals surface area contributed by atoms with Gasteiger partial charge in [0.15, 0.2) is 11.5 Å². The predicted octanol–water partition coefficient (Wildman–Crippen LogP) is 3.09. The van der Waals surface area contributed by atoms with Crippen LogP contribution in [0.4, 0.5) is 0 Å². The zero-order valence-electron chi connectivity index (χ0n) is 16.8. The van der Waals surface area contributed by atoms with Crippen molar-refractivity contribution in [3.63, 3.8) is 0 Å². The van der Waals surface area contributed by atoms with E-state index in [0.29, 0.717) is 6.07 Å². The number of hydrogen-bond donors (Lipinski definition) is 1. The molecule has 0 spiro atoms. The number of hydrogen-bond acceptors (Lipinski definition) is 8. The molecular formula is C20H18O9S3. The first kappa shape index (κ1) is 23.7. The van der Waals surface area contributed by atoms with Crippen LogP contribution in [0.15, 0.2) is 81.4 Å². The molecule has 0 radical (unpaired) electrons. The lowest BCUT2D eigenvalue weighted by Crippen LogP contribution is -2.14. The average Bonchev–Trinajstić information content (AvgIpc) is 2.69. The molecule has 0 atom stereocenters. The van der Waals surface area contributed by atoms with Gasteiger partial charge in [0.25, 0.3) is 10.1 Å². The second-order valence-corrected chi connectivity index (χ2v) is 11.3. The van der Waals surface area contributed by atoms with Crippen LogP contribution >= 0.6 is 0 Å². The van der Waals surface area contributed by atoms with Crippen LogP contribution in [0.25, 0.3) is 0 Å². The smallest absolute Gasteiger partial charge is 0.339 e. The Balaban J connectivity index is 2.07. The third kappa shape index (κ3) is 5.46. The topological polar surface area (TPSA) is 141 Å². The first-order valence-corrected chi connectivity index (χ1v) is 13.2. The number of aryl methyl sites for hydroxylation is 2. The molecule has 170 valence electrons. The van der Waals surface area contributed by atoms with Crippen molar-refractivity contribution in [1.82, 2.24) is 0 Å². The lowest BCUT2D eigenvalue weighted by atomic mass is 10.2. The minimum absolute atomic E-state index is 0.214. The Labute approximate surface area is 186 Å². The maximum absolute atomic E-state index is 12.7. The van der Waals surface area contributed by atoms with Crippen molar-refractivity contribution in [1.29, 1.82) is 0 Å². The zero-order valence-corrected chi connectivity index (χ0v) is 19.2. The lowest BCUT2D eigenvalue weighted by Gasteiger charge is -2.14. The molecule has 0 aliphatic rings. The van der Waals surface area contributed by atoms with Crippen LogP contribution in [0.1, 0.15) is 11.1 Å². The molecule has 3 rings (SSSR count). The molecular weight excluding hydrogens is 480 g/mol. The highest BCUT2D eigenvalue weighted by Crippen LogP contribution is 2.34. The van der Waals surface area contributed by atoms with Gasteiger partial charge in [-0.3, -0.25) is 4.55 Å². The van der Waals surface area contributed by atoms with Crippen LogP contribution in [0.5, 0.6) is 11.5 Å². The monoisotopic (exact) mass is 498 g/mol. The van der Waals surface area contributed by atoms with Gasteiger partial charge in [0.05, 0.1) is 4.90 Å². The molecule has 9 nitrogen and oxygen atoms in total. The van der Waals surface area contributed by atoms with Crippen molar-refractivity contribution in [3.05, 3.63) is 77.9 Å². The summed E-state index contributed by atoms with van der Waals surface area (Å²) in [5.41, 5.74) is 1.58. The van der Waals surface area contributed by atoms with Crippen LogP contribution in [0, 0.1) is 13.8 Å². The van der Waals surface area contributed by atoms with Crippen molar-refractivity contribution in [2.45, 2.75) is 28.5 Å². The lowest BCUT2D eigenvalue weighted by molar-refractivity contribution is 0.447. The van der Waals surface area contributed by atoms with E-state index in [1.54, 1.807) is 13.8 Å². The van der Waals surface area contributed by atoms with Gasteiger partial charge in [-0.1, -0.05) is 35.4 Å². The first-order chi connectivity index (χ1) is 14.8. The van der Waals surface area contributed by atoms with Gasteiger partial charge in [-0.05, 0) is 50.2 Å². The van der Waals surface area contributed by atoms with E-state index in [1.807, 2.05) is 0 Å². The Morgan fingerprint density at radius 1 is 0.562 bits per heavy atom. The van der Waals surface area contributed by atoms with Gasteiger partial charge in [-0.25, -0.2) is 0 Å². The van der Waals surface area contributed by atoms with Gasteiger partial charge in [-0.15, -0.1) is 0 Å². The summed E-state index contributed by atoms with van der Waals surface area (Å²) in [7, 11) is -13.7. The third-order valence-electron chi connectivity index (χ3n) is 4.23. The minimum Gasteiger partial charge on any atom is -0.375 e. The van der Waals surface area contributed by atoms with E-state index in [2.05, 4.69) is 0 Å². The van der Waals surface area contributed by atoms with Gasteiger partial charge in [0.2, 0.25) is 0 Å². The Morgan fingerprint density at radius 2 is 0.938 bits per heavy atom. The Morgan fingerprint density at radius 3 is 1.34 bits per heavy atom. The molecule has 1 N–H and O–H groups in total. The molecule has 12 heteroatoms. The van der Waals surface area contributed by atoms with Gasteiger partial charge in [0, 0.05) is 6.07 Å². The Hall–Kier alpha value is -2.93. The molecule has 32 heavy (non-hydrogen) atoms. The van der Waals surface area contributed by atoms with Crippen molar-refractivity contribution in [2.24, 2.45) is 0 Å². The van der Waals surface area contributed by atoms with E-state index in [1.165, 1.54) is 48.5 Å². The van der Waals surface area contributed by atoms with Crippen LogP contribution in [-0.4, -0.2) is 29.8 Å². The molecule has 0 bridgehead atoms. The molecule has 0 aliphatic carbocycles. The van der Waals surface area contributed by atoms with Gasteiger partial charge in [-0.2, -0.15) is 25.3 Å². The molecule has 3 aromatic carbocycles. The summed E-state index contributed by atoms with van der Waals surface area (Å²) in [6.07, 6.45) is 0. The number of rotatable bonds is 7. The average molecular weight is 499 g/mol. The Kier molecular flexibility index (Phi) is 6.33. The van der Waals surface area contributed by atoms with Gasteiger partial charge < -0.3 is 8.37 Å². The van der Waals surface area contributed by atoms with E-state index in [-0.39, 0.29) is 9.79 Å². The highest BCUT2D eigenvalue weighted by atomic mass is 32.2. The second-order valence-electron chi connectivity index (χ2n) is 6.78. The molecule has 0 fully saturated rings. The summed E-state index contributed by atoms with van der Waals surface area (Å²) in [5, 5.41) is 0. The molecule has 0 saturated carbocycles. The summed E-state index contributed by atoms with van der Waals surface area (Å²) >= 11 is 0. The SMILES string of the molecule is Cc1ccc(S(=O)(=O)Oc2ccc(S(=O)(=O)O)cc2OS(=O)(=O)c2ccc(C)cc2)cc1. The molecule has 0 aromatic heterocycles. The molecule has 0 saturated heterocycles. The van der Waals surface area contributed by atoms with Crippen molar-refractivity contribution < 1.29 is 38.2 Å². The van der Waals surface area contributed by atoms with Crippen molar-refractivity contribution in [2.75, 3.05) is 0 Å². The largest absolute Gasteiger partial charge is 0.375 e. The quantitative estimate of drug-likeness (QED) is 0.384. The summed E-state index contributed by atoms with van der Waals surface area (Å²) in [6.45, 7) is 3.50. The summed E-state index contributed by atoms with van der Waals surface area (Å²) in [6, 6.07) is 13.6. The van der Waals surface area contributed by atoms with Crippen LogP contribution in [0.2, 0.25) is 0 Å². The maximum Gasteiger partial charge on any atom is 0.339 e. The molecule has 0 heterocycles. The van der Waals surface area contributed by atoms with E-state index in [4.69, 9.17) is 8.37 Å². The van der Waals surface area contributed by atoms with Crippen molar-refractivity contribution in [3.8, 4) is 11.5 Å². The molecule has 0 unspecified atom stereocenters. The zero-order chi connectivity index (χ0) is 23.7. The Bertz CT molecular complexity index is 1460. The number of benzene rings is 3. The first-order valence-electron chi connectivity index (χ1n) is 8.92. The highest BCUT2D eigenvalue weighted by molar-refractivity contribution is 7.87. The maximum atomic E-state index is 12.7. The van der Waals surface area contributed by atoms with E-state index in [9.17, 15) is 29.8 Å². The van der Waals surface area contributed by atoms with E-state index < -0.39 is 46.7 Å². The highest BCUT2D eigenvalue weighted by Gasteiger charge is 2.25. The fraction of sp³-hybridized carbons (Fsp3) is 0.100. The fourth-order valence-corrected chi connectivity index (χ4v) is 4.89. The third-order valence-corrected chi connectivity index (χ3v) is 7.58. The fourth-order valence-electron chi connectivity index (χ4n) is 2.53. The van der Waals surface area contributed by atoms with Crippen LogP contribution in [0.3, 0.4) is 0 Å². The van der Waals surface area contributed by atoms with Gasteiger partial charge in [0.1, 0.15) is 9.79 Å². The van der Waals surface area contributed by atoms with E-state index >= 15 is 0 Å². The van der Waals surface area contributed by atoms with Crippen molar-refractivity contribution >= 4 is 30.4 Å².